The molecule has 1 aromatic heterocycles. The largest absolute Gasteiger partial charge is 0.488 e. The Kier molecular flexibility index (Phi) is 6.33. The molecule has 0 spiro atoms. The van der Waals surface area contributed by atoms with Crippen LogP contribution in [0.5, 0.6) is 5.75 Å². The van der Waals surface area contributed by atoms with E-state index in [4.69, 9.17) is 21.1 Å². The van der Waals surface area contributed by atoms with Gasteiger partial charge in [-0.15, -0.1) is 0 Å². The zero-order valence-electron chi connectivity index (χ0n) is 18.3. The average Bonchev–Trinajstić information content (AvgIpc) is 3.20. The summed E-state index contributed by atoms with van der Waals surface area (Å²) in [5, 5.41) is 0.622. The monoisotopic (exact) mass is 445 g/mol. The van der Waals surface area contributed by atoms with Gasteiger partial charge in [-0.3, -0.25) is 0 Å². The molecule has 4 aromatic rings. The molecule has 0 radical (unpaired) electrons. The van der Waals surface area contributed by atoms with E-state index in [0.717, 1.165) is 39.5 Å². The van der Waals surface area contributed by atoms with Gasteiger partial charge in [0.05, 0.1) is 18.4 Å². The van der Waals surface area contributed by atoms with E-state index in [1.54, 1.807) is 0 Å². The molecular weight excluding hydrogens is 422 g/mol. The van der Waals surface area contributed by atoms with Crippen molar-refractivity contribution in [2.75, 3.05) is 7.11 Å². The molecule has 4 nitrogen and oxygen atoms in total. The Morgan fingerprint density at radius 1 is 0.938 bits per heavy atom. The Morgan fingerprint density at radius 3 is 2.47 bits per heavy atom. The van der Waals surface area contributed by atoms with Crippen LogP contribution in [-0.4, -0.2) is 17.6 Å². The van der Waals surface area contributed by atoms with Crippen molar-refractivity contribution in [3.05, 3.63) is 106 Å². The van der Waals surface area contributed by atoms with E-state index in [2.05, 4.69) is 4.57 Å². The predicted octanol–water partition coefficient (Wildman–Crippen LogP) is 6.78. The molecule has 162 valence electrons. The molecule has 0 amide bonds. The number of rotatable bonds is 6. The van der Waals surface area contributed by atoms with Gasteiger partial charge in [-0.1, -0.05) is 48.0 Å². The summed E-state index contributed by atoms with van der Waals surface area (Å²) in [5.74, 6) is 0.378. The molecule has 3 aromatic carbocycles. The maximum Gasteiger partial charge on any atom is 0.338 e. The van der Waals surface area contributed by atoms with Crippen molar-refractivity contribution in [3.63, 3.8) is 0 Å². The molecule has 0 bridgehead atoms. The summed E-state index contributed by atoms with van der Waals surface area (Å²) in [6, 6.07) is 25.5. The van der Waals surface area contributed by atoms with Gasteiger partial charge in [0.15, 0.2) is 0 Å². The third-order valence-electron chi connectivity index (χ3n) is 5.42. The number of benzene rings is 3. The molecule has 0 aliphatic heterocycles. The maximum atomic E-state index is 12.2. The second-order valence-corrected chi connectivity index (χ2v) is 8.04. The molecule has 0 aliphatic rings. The van der Waals surface area contributed by atoms with Crippen molar-refractivity contribution in [3.8, 4) is 22.7 Å². The number of carbonyl (C=O) groups excluding carboxylic acids is 1. The van der Waals surface area contributed by atoms with Gasteiger partial charge in [-0.25, -0.2) is 4.79 Å². The van der Waals surface area contributed by atoms with E-state index in [0.29, 0.717) is 17.2 Å². The van der Waals surface area contributed by atoms with Gasteiger partial charge in [0.25, 0.3) is 0 Å². The minimum Gasteiger partial charge on any atom is -0.488 e. The lowest BCUT2D eigenvalue weighted by molar-refractivity contribution is 0.0600. The van der Waals surface area contributed by atoms with Crippen LogP contribution in [0.3, 0.4) is 0 Å². The number of carbonyl (C=O) groups is 1. The van der Waals surface area contributed by atoms with E-state index in [1.807, 2.05) is 92.7 Å². The van der Waals surface area contributed by atoms with Crippen LogP contribution in [0.1, 0.15) is 27.2 Å². The topological polar surface area (TPSA) is 40.5 Å². The number of aryl methyl sites for hydroxylation is 2. The fourth-order valence-corrected chi connectivity index (χ4v) is 3.91. The van der Waals surface area contributed by atoms with Gasteiger partial charge in [-0.2, -0.15) is 0 Å². The predicted molar refractivity (Wildman–Crippen MR) is 128 cm³/mol. The number of aromatic nitrogens is 1. The van der Waals surface area contributed by atoms with Crippen LogP contribution in [0.2, 0.25) is 5.02 Å². The van der Waals surface area contributed by atoms with Crippen molar-refractivity contribution >= 4 is 17.6 Å². The van der Waals surface area contributed by atoms with E-state index >= 15 is 0 Å². The van der Waals surface area contributed by atoms with E-state index in [1.165, 1.54) is 7.11 Å². The summed E-state index contributed by atoms with van der Waals surface area (Å²) in [4.78, 5) is 12.2. The first-order chi connectivity index (χ1) is 15.5. The Labute approximate surface area is 193 Å². The molecule has 5 heteroatoms. The number of hydrogen-bond donors (Lipinski definition) is 0. The Hall–Kier alpha value is -3.50. The van der Waals surface area contributed by atoms with Crippen LogP contribution in [0, 0.1) is 13.8 Å². The number of methoxy groups -OCH3 is 1. The highest BCUT2D eigenvalue weighted by molar-refractivity contribution is 6.31. The van der Waals surface area contributed by atoms with Gasteiger partial charge >= 0.3 is 5.97 Å². The first-order valence-corrected chi connectivity index (χ1v) is 10.7. The van der Waals surface area contributed by atoms with Crippen molar-refractivity contribution in [2.45, 2.75) is 20.5 Å². The van der Waals surface area contributed by atoms with Crippen LogP contribution < -0.4 is 4.74 Å². The summed E-state index contributed by atoms with van der Waals surface area (Å²) in [6.07, 6.45) is 0. The van der Waals surface area contributed by atoms with Crippen LogP contribution in [0.4, 0.5) is 0 Å². The summed E-state index contributed by atoms with van der Waals surface area (Å²) >= 11 is 6.37. The lowest BCUT2D eigenvalue weighted by Gasteiger charge is -2.17. The summed E-state index contributed by atoms with van der Waals surface area (Å²) < 4.78 is 13.2. The SMILES string of the molecule is COC(=O)c1cc(-n2c(C)ccc2-c2cc(Cl)ccc2OCc2ccccc2)ccc1C. The third kappa shape index (κ3) is 4.41. The van der Waals surface area contributed by atoms with Crippen molar-refractivity contribution in [1.29, 1.82) is 0 Å². The number of halogens is 1. The van der Waals surface area contributed by atoms with E-state index in [9.17, 15) is 4.79 Å². The van der Waals surface area contributed by atoms with Crippen molar-refractivity contribution in [2.24, 2.45) is 0 Å². The van der Waals surface area contributed by atoms with Gasteiger partial charge < -0.3 is 14.0 Å². The third-order valence-corrected chi connectivity index (χ3v) is 5.65. The van der Waals surface area contributed by atoms with Crippen LogP contribution >= 0.6 is 11.6 Å². The highest BCUT2D eigenvalue weighted by Gasteiger charge is 2.17. The van der Waals surface area contributed by atoms with Gasteiger partial charge in [0.2, 0.25) is 0 Å². The minimum absolute atomic E-state index is 0.356. The Bertz CT molecular complexity index is 1260. The molecule has 1 heterocycles. The normalized spacial score (nSPS) is 10.8. The second kappa shape index (κ2) is 9.33. The van der Waals surface area contributed by atoms with Gasteiger partial charge in [0.1, 0.15) is 12.4 Å². The Morgan fingerprint density at radius 2 is 1.72 bits per heavy atom. The summed E-state index contributed by atoms with van der Waals surface area (Å²) in [6.45, 7) is 4.37. The standard InChI is InChI=1S/C27H24ClNO3/c1-18-9-12-22(16-23(18)27(30)31-3)29-19(2)10-13-25(29)24-15-21(28)11-14-26(24)32-17-20-7-5-4-6-8-20/h4-16H,17H2,1-3H3. The molecule has 0 atom stereocenters. The summed E-state index contributed by atoms with van der Waals surface area (Å²) in [7, 11) is 1.39. The van der Waals surface area contributed by atoms with Crippen LogP contribution in [-0.2, 0) is 11.3 Å². The fraction of sp³-hybridized carbons (Fsp3) is 0.148. The van der Waals surface area contributed by atoms with Crippen molar-refractivity contribution < 1.29 is 14.3 Å². The highest BCUT2D eigenvalue weighted by Crippen LogP contribution is 2.36. The lowest BCUT2D eigenvalue weighted by Crippen LogP contribution is -2.07. The maximum absolute atomic E-state index is 12.2. The quantitative estimate of drug-likeness (QED) is 0.307. The first kappa shape index (κ1) is 21.7. The second-order valence-electron chi connectivity index (χ2n) is 7.60. The molecule has 4 rings (SSSR count). The van der Waals surface area contributed by atoms with Crippen LogP contribution in [0.15, 0.2) is 78.9 Å². The number of esters is 1. The lowest BCUT2D eigenvalue weighted by atomic mass is 10.1. The fourth-order valence-electron chi connectivity index (χ4n) is 3.73. The molecule has 0 saturated heterocycles. The molecule has 0 N–H and O–H groups in total. The molecule has 32 heavy (non-hydrogen) atoms. The Balaban J connectivity index is 1.78. The molecular formula is C27H24ClNO3. The van der Waals surface area contributed by atoms with Gasteiger partial charge in [-0.05, 0) is 67.4 Å². The minimum atomic E-state index is -0.356. The van der Waals surface area contributed by atoms with Crippen LogP contribution in [0.25, 0.3) is 16.9 Å². The molecule has 0 unspecified atom stereocenters. The van der Waals surface area contributed by atoms with E-state index < -0.39 is 0 Å². The molecule has 0 saturated carbocycles. The molecule has 0 aliphatic carbocycles. The zero-order chi connectivity index (χ0) is 22.7. The molecule has 0 fully saturated rings. The number of nitrogens with zero attached hydrogens (tertiary/aromatic N) is 1. The first-order valence-electron chi connectivity index (χ1n) is 10.3. The van der Waals surface area contributed by atoms with Gasteiger partial charge in [0, 0.05) is 22.0 Å². The average molecular weight is 446 g/mol. The van der Waals surface area contributed by atoms with E-state index in [-0.39, 0.29) is 5.97 Å². The number of hydrogen-bond acceptors (Lipinski definition) is 3. The zero-order valence-corrected chi connectivity index (χ0v) is 19.0. The number of ether oxygens (including phenoxy) is 2. The highest BCUT2D eigenvalue weighted by atomic mass is 35.5. The summed E-state index contributed by atoms with van der Waals surface area (Å²) in [5.41, 5.74) is 6.17. The smallest absolute Gasteiger partial charge is 0.338 e. The van der Waals surface area contributed by atoms with Crippen molar-refractivity contribution in [1.82, 2.24) is 4.57 Å².